The van der Waals surface area contributed by atoms with Crippen molar-refractivity contribution in [3.8, 4) is 0 Å². The molecule has 0 saturated carbocycles. The number of halogens is 1. The summed E-state index contributed by atoms with van der Waals surface area (Å²) in [6.07, 6.45) is 0.586. The second-order valence-electron chi connectivity index (χ2n) is 7.48. The Bertz CT molecular complexity index is 922. The standard InChI is InChI=1S/C22H24ClN3O2/c1-15-7-8-18(23)14-20(15)24-9-11-25(12-10-24)22(28)21-13-17-5-3-4-6-19(17)26(21)16(2)27/h3-8,14,21H,9-13H2,1-2H3/t21-/m0/s1. The Balaban J connectivity index is 1.47. The van der Waals surface area contributed by atoms with Crippen LogP contribution in [0.4, 0.5) is 11.4 Å². The molecule has 28 heavy (non-hydrogen) atoms. The van der Waals surface area contributed by atoms with Gasteiger partial charge in [-0.05, 0) is 36.2 Å². The third-order valence-corrected chi connectivity index (χ3v) is 5.94. The summed E-state index contributed by atoms with van der Waals surface area (Å²) in [4.78, 5) is 31.3. The van der Waals surface area contributed by atoms with Gasteiger partial charge in [0.25, 0.3) is 0 Å². The Morgan fingerprint density at radius 3 is 2.43 bits per heavy atom. The molecule has 1 fully saturated rings. The van der Waals surface area contributed by atoms with Gasteiger partial charge >= 0.3 is 0 Å². The molecule has 2 aliphatic rings. The predicted molar refractivity (Wildman–Crippen MR) is 112 cm³/mol. The summed E-state index contributed by atoms with van der Waals surface area (Å²) in [6, 6.07) is 13.3. The second kappa shape index (κ2) is 7.47. The number of fused-ring (bicyclic) bond motifs is 1. The lowest BCUT2D eigenvalue weighted by atomic mass is 10.1. The molecule has 6 heteroatoms. The molecule has 2 aromatic carbocycles. The van der Waals surface area contributed by atoms with E-state index in [1.807, 2.05) is 47.4 Å². The lowest BCUT2D eigenvalue weighted by Crippen LogP contribution is -2.55. The van der Waals surface area contributed by atoms with Crippen LogP contribution in [-0.4, -0.2) is 48.9 Å². The number of benzene rings is 2. The first kappa shape index (κ1) is 18.8. The zero-order valence-corrected chi connectivity index (χ0v) is 16.9. The fourth-order valence-electron chi connectivity index (χ4n) is 4.27. The summed E-state index contributed by atoms with van der Waals surface area (Å²) in [7, 11) is 0. The lowest BCUT2D eigenvalue weighted by molar-refractivity contribution is -0.134. The van der Waals surface area contributed by atoms with E-state index in [4.69, 9.17) is 11.6 Å². The Morgan fingerprint density at radius 1 is 1.00 bits per heavy atom. The molecule has 2 heterocycles. The minimum atomic E-state index is -0.436. The molecule has 5 nitrogen and oxygen atoms in total. The topological polar surface area (TPSA) is 43.9 Å². The number of para-hydroxylation sites is 1. The van der Waals surface area contributed by atoms with Gasteiger partial charge in [-0.1, -0.05) is 35.9 Å². The van der Waals surface area contributed by atoms with Crippen molar-refractivity contribution in [1.29, 1.82) is 0 Å². The average Bonchev–Trinajstić information content (AvgIpc) is 3.09. The lowest BCUT2D eigenvalue weighted by Gasteiger charge is -2.38. The molecule has 0 spiro atoms. The first-order valence-corrected chi connectivity index (χ1v) is 10.0. The summed E-state index contributed by atoms with van der Waals surface area (Å²) < 4.78 is 0. The molecule has 2 aromatic rings. The normalized spacial score (nSPS) is 19.0. The van der Waals surface area contributed by atoms with Crippen molar-refractivity contribution in [2.24, 2.45) is 0 Å². The van der Waals surface area contributed by atoms with Crippen LogP contribution < -0.4 is 9.80 Å². The van der Waals surface area contributed by atoms with E-state index >= 15 is 0 Å². The molecular weight excluding hydrogens is 374 g/mol. The highest BCUT2D eigenvalue weighted by molar-refractivity contribution is 6.30. The first-order chi connectivity index (χ1) is 13.5. The van der Waals surface area contributed by atoms with Gasteiger partial charge in [-0.3, -0.25) is 14.5 Å². The summed E-state index contributed by atoms with van der Waals surface area (Å²) >= 11 is 6.16. The van der Waals surface area contributed by atoms with Crippen LogP contribution >= 0.6 is 11.6 Å². The Labute approximate surface area is 170 Å². The highest BCUT2D eigenvalue weighted by atomic mass is 35.5. The number of carbonyl (C=O) groups excluding carboxylic acids is 2. The van der Waals surface area contributed by atoms with Crippen LogP contribution in [0.15, 0.2) is 42.5 Å². The molecule has 0 aliphatic carbocycles. The number of amides is 2. The quantitative estimate of drug-likeness (QED) is 0.781. The molecule has 1 saturated heterocycles. The number of rotatable bonds is 2. The Kier molecular flexibility index (Phi) is 5.02. The summed E-state index contributed by atoms with van der Waals surface area (Å²) in [6.45, 7) is 6.40. The number of hydrogen-bond acceptors (Lipinski definition) is 3. The van der Waals surface area contributed by atoms with Crippen molar-refractivity contribution >= 4 is 34.8 Å². The SMILES string of the molecule is CC(=O)N1c2ccccc2C[C@H]1C(=O)N1CCN(c2cc(Cl)ccc2C)CC1. The van der Waals surface area contributed by atoms with E-state index in [2.05, 4.69) is 11.8 Å². The Morgan fingerprint density at radius 2 is 1.71 bits per heavy atom. The number of piperazine rings is 1. The van der Waals surface area contributed by atoms with Crippen LogP contribution in [0.25, 0.3) is 0 Å². The zero-order valence-electron chi connectivity index (χ0n) is 16.2. The maximum absolute atomic E-state index is 13.2. The van der Waals surface area contributed by atoms with E-state index in [0.717, 1.165) is 35.1 Å². The van der Waals surface area contributed by atoms with Gasteiger partial charge in [-0.25, -0.2) is 0 Å². The van der Waals surface area contributed by atoms with E-state index in [0.29, 0.717) is 19.5 Å². The molecule has 0 unspecified atom stereocenters. The van der Waals surface area contributed by atoms with Crippen LogP contribution in [0.1, 0.15) is 18.1 Å². The molecule has 146 valence electrons. The number of hydrogen-bond donors (Lipinski definition) is 0. The monoisotopic (exact) mass is 397 g/mol. The fraction of sp³-hybridized carbons (Fsp3) is 0.364. The highest BCUT2D eigenvalue weighted by Crippen LogP contribution is 2.33. The number of anilines is 2. The summed E-state index contributed by atoms with van der Waals surface area (Å²) in [5.41, 5.74) is 4.22. The van der Waals surface area contributed by atoms with E-state index in [1.54, 1.807) is 4.90 Å². The van der Waals surface area contributed by atoms with Crippen molar-refractivity contribution in [3.63, 3.8) is 0 Å². The number of nitrogens with zero attached hydrogens (tertiary/aromatic N) is 3. The molecule has 0 N–H and O–H groups in total. The predicted octanol–water partition coefficient (Wildman–Crippen LogP) is 3.27. The summed E-state index contributed by atoms with van der Waals surface area (Å²) in [5.74, 6) is -0.0506. The van der Waals surface area contributed by atoms with Crippen molar-refractivity contribution in [2.45, 2.75) is 26.3 Å². The van der Waals surface area contributed by atoms with Crippen molar-refractivity contribution in [2.75, 3.05) is 36.0 Å². The van der Waals surface area contributed by atoms with E-state index in [1.165, 1.54) is 12.5 Å². The summed E-state index contributed by atoms with van der Waals surface area (Å²) in [5, 5.41) is 0.722. The third kappa shape index (κ3) is 3.35. The van der Waals surface area contributed by atoms with Crippen LogP contribution in [-0.2, 0) is 16.0 Å². The molecule has 4 rings (SSSR count). The highest BCUT2D eigenvalue weighted by Gasteiger charge is 2.39. The Hall–Kier alpha value is -2.53. The van der Waals surface area contributed by atoms with Gasteiger partial charge in [0.05, 0.1) is 0 Å². The molecule has 0 aromatic heterocycles. The number of carbonyl (C=O) groups is 2. The second-order valence-corrected chi connectivity index (χ2v) is 7.92. The largest absolute Gasteiger partial charge is 0.368 e. The maximum atomic E-state index is 13.2. The fourth-order valence-corrected chi connectivity index (χ4v) is 4.44. The van der Waals surface area contributed by atoms with Crippen LogP contribution in [0.5, 0.6) is 0 Å². The smallest absolute Gasteiger partial charge is 0.246 e. The van der Waals surface area contributed by atoms with Gasteiger partial charge in [0.1, 0.15) is 6.04 Å². The zero-order chi connectivity index (χ0) is 19.8. The van der Waals surface area contributed by atoms with Gasteiger partial charge < -0.3 is 9.80 Å². The minimum absolute atomic E-state index is 0.0360. The maximum Gasteiger partial charge on any atom is 0.246 e. The molecule has 0 radical (unpaired) electrons. The van der Waals surface area contributed by atoms with Crippen molar-refractivity contribution < 1.29 is 9.59 Å². The molecule has 1 atom stereocenters. The van der Waals surface area contributed by atoms with E-state index in [9.17, 15) is 9.59 Å². The average molecular weight is 398 g/mol. The van der Waals surface area contributed by atoms with Gasteiger partial charge in [-0.2, -0.15) is 0 Å². The molecule has 2 amide bonds. The van der Waals surface area contributed by atoms with Gasteiger partial charge in [0.2, 0.25) is 11.8 Å². The van der Waals surface area contributed by atoms with E-state index in [-0.39, 0.29) is 11.8 Å². The van der Waals surface area contributed by atoms with Crippen LogP contribution in [0.2, 0.25) is 5.02 Å². The van der Waals surface area contributed by atoms with Crippen molar-refractivity contribution in [1.82, 2.24) is 4.90 Å². The van der Waals surface area contributed by atoms with E-state index < -0.39 is 6.04 Å². The minimum Gasteiger partial charge on any atom is -0.368 e. The number of aryl methyl sites for hydroxylation is 1. The van der Waals surface area contributed by atoms with Crippen LogP contribution in [0.3, 0.4) is 0 Å². The van der Waals surface area contributed by atoms with Gasteiger partial charge in [0, 0.05) is 55.9 Å². The molecule has 2 aliphatic heterocycles. The molecule has 0 bridgehead atoms. The van der Waals surface area contributed by atoms with Crippen molar-refractivity contribution in [3.05, 3.63) is 58.6 Å². The molecular formula is C22H24ClN3O2. The van der Waals surface area contributed by atoms with Crippen LogP contribution in [0, 0.1) is 6.92 Å². The first-order valence-electron chi connectivity index (χ1n) is 9.63. The third-order valence-electron chi connectivity index (χ3n) is 5.70. The van der Waals surface area contributed by atoms with Gasteiger partial charge in [0.15, 0.2) is 0 Å². The van der Waals surface area contributed by atoms with Gasteiger partial charge in [-0.15, -0.1) is 0 Å².